The Morgan fingerprint density at radius 1 is 1.03 bits per heavy atom. The molecule has 0 spiro atoms. The van der Waals surface area contributed by atoms with Crippen molar-refractivity contribution in [2.45, 2.75) is 25.4 Å². The van der Waals surface area contributed by atoms with Crippen molar-refractivity contribution in [1.29, 1.82) is 0 Å². The van der Waals surface area contributed by atoms with Crippen LogP contribution in [0, 0.1) is 0 Å². The summed E-state index contributed by atoms with van der Waals surface area (Å²) < 4.78 is 4.81. The Bertz CT molecular complexity index is 1170. The van der Waals surface area contributed by atoms with E-state index in [1.54, 1.807) is 17.0 Å². The highest BCUT2D eigenvalue weighted by atomic mass is 16.5. The fourth-order valence-electron chi connectivity index (χ4n) is 3.95. The molecule has 0 aromatic heterocycles. The van der Waals surface area contributed by atoms with Gasteiger partial charge in [-0.1, -0.05) is 54.6 Å². The highest BCUT2D eigenvalue weighted by Gasteiger charge is 2.31. The number of carbonyl (C=O) groups excluding carboxylic acids is 3. The Labute approximate surface area is 198 Å². The van der Waals surface area contributed by atoms with E-state index in [1.807, 2.05) is 66.7 Å². The van der Waals surface area contributed by atoms with E-state index in [-0.39, 0.29) is 18.2 Å². The van der Waals surface area contributed by atoms with Crippen LogP contribution >= 0.6 is 0 Å². The van der Waals surface area contributed by atoms with Crippen LogP contribution < -0.4 is 10.6 Å². The molecule has 1 aliphatic rings. The van der Waals surface area contributed by atoms with Gasteiger partial charge in [0, 0.05) is 30.0 Å². The number of carbonyl (C=O) groups is 3. The van der Waals surface area contributed by atoms with Crippen LogP contribution in [0.3, 0.4) is 0 Å². The van der Waals surface area contributed by atoms with Crippen molar-refractivity contribution in [2.75, 3.05) is 24.3 Å². The lowest BCUT2D eigenvalue weighted by atomic mass is 10.1. The first-order valence-electron chi connectivity index (χ1n) is 11.2. The molecule has 0 saturated carbocycles. The predicted octanol–water partition coefficient (Wildman–Crippen LogP) is 3.87. The van der Waals surface area contributed by atoms with Crippen molar-refractivity contribution in [3.05, 3.63) is 95.6 Å². The van der Waals surface area contributed by atoms with E-state index in [0.717, 1.165) is 11.1 Å². The number of esters is 1. The average Bonchev–Trinajstić information content (AvgIpc) is 2.99. The summed E-state index contributed by atoms with van der Waals surface area (Å²) in [5.41, 5.74) is 3.82. The minimum atomic E-state index is -0.781. The van der Waals surface area contributed by atoms with E-state index in [0.29, 0.717) is 36.4 Å². The molecule has 1 atom stereocenters. The minimum Gasteiger partial charge on any atom is -0.469 e. The monoisotopic (exact) mass is 457 g/mol. The van der Waals surface area contributed by atoms with E-state index in [4.69, 9.17) is 4.74 Å². The number of methoxy groups -OCH3 is 1. The van der Waals surface area contributed by atoms with Crippen LogP contribution in [0.1, 0.15) is 27.9 Å². The number of hydrogen-bond acceptors (Lipinski definition) is 5. The first-order chi connectivity index (χ1) is 16.5. The molecular weight excluding hydrogens is 430 g/mol. The van der Waals surface area contributed by atoms with Crippen molar-refractivity contribution in [2.24, 2.45) is 0 Å². The van der Waals surface area contributed by atoms with Gasteiger partial charge >= 0.3 is 5.97 Å². The number of ether oxygens (including phenoxy) is 1. The summed E-state index contributed by atoms with van der Waals surface area (Å²) in [5.74, 6) is -0.903. The molecule has 2 amide bonds. The molecule has 4 rings (SSSR count). The number of amides is 2. The zero-order valence-corrected chi connectivity index (χ0v) is 19.0. The van der Waals surface area contributed by atoms with Gasteiger partial charge in [0.2, 0.25) is 5.91 Å². The number of fused-ring (bicyclic) bond motifs is 1. The molecule has 0 unspecified atom stereocenters. The predicted molar refractivity (Wildman–Crippen MR) is 130 cm³/mol. The first kappa shape index (κ1) is 23.0. The van der Waals surface area contributed by atoms with Gasteiger partial charge in [0.15, 0.2) is 0 Å². The van der Waals surface area contributed by atoms with Gasteiger partial charge in [-0.05, 0) is 41.8 Å². The molecular formula is C27H27N3O4. The Morgan fingerprint density at radius 2 is 1.74 bits per heavy atom. The normalized spacial score (nSPS) is 15.0. The molecule has 7 heteroatoms. The van der Waals surface area contributed by atoms with E-state index < -0.39 is 12.0 Å². The zero-order chi connectivity index (χ0) is 23.9. The molecule has 3 aromatic rings. The van der Waals surface area contributed by atoms with Crippen LogP contribution in [0.25, 0.3) is 0 Å². The highest BCUT2D eigenvalue weighted by molar-refractivity contribution is 6.05. The molecule has 0 bridgehead atoms. The molecule has 3 aromatic carbocycles. The topological polar surface area (TPSA) is 87.7 Å². The summed E-state index contributed by atoms with van der Waals surface area (Å²) in [5, 5.41) is 6.06. The van der Waals surface area contributed by atoms with Gasteiger partial charge in [-0.2, -0.15) is 0 Å². The van der Waals surface area contributed by atoms with Crippen molar-refractivity contribution < 1.29 is 19.1 Å². The maximum Gasteiger partial charge on any atom is 0.308 e. The fourth-order valence-corrected chi connectivity index (χ4v) is 3.95. The molecule has 2 N–H and O–H groups in total. The van der Waals surface area contributed by atoms with E-state index in [9.17, 15) is 14.4 Å². The second-order valence-corrected chi connectivity index (χ2v) is 8.16. The second kappa shape index (κ2) is 10.7. The third kappa shape index (κ3) is 5.61. The smallest absolute Gasteiger partial charge is 0.308 e. The van der Waals surface area contributed by atoms with E-state index in [2.05, 4.69) is 10.6 Å². The molecule has 0 fully saturated rings. The van der Waals surface area contributed by atoms with Crippen molar-refractivity contribution in [3.63, 3.8) is 0 Å². The largest absolute Gasteiger partial charge is 0.469 e. The maximum atomic E-state index is 13.3. The summed E-state index contributed by atoms with van der Waals surface area (Å²) in [6.07, 6.45) is 0.599. The van der Waals surface area contributed by atoms with Crippen LogP contribution in [-0.4, -0.2) is 42.4 Å². The third-order valence-electron chi connectivity index (χ3n) is 5.82. The Hall–Kier alpha value is -4.13. The van der Waals surface area contributed by atoms with E-state index >= 15 is 0 Å². The molecule has 0 saturated heterocycles. The lowest BCUT2D eigenvalue weighted by Gasteiger charge is -2.24. The van der Waals surface area contributed by atoms with Gasteiger partial charge < -0.3 is 20.3 Å². The average molecular weight is 458 g/mol. The summed E-state index contributed by atoms with van der Waals surface area (Å²) in [4.78, 5) is 39.9. The zero-order valence-electron chi connectivity index (χ0n) is 19.0. The van der Waals surface area contributed by atoms with Gasteiger partial charge in [-0.25, -0.2) is 0 Å². The summed E-state index contributed by atoms with van der Waals surface area (Å²) in [6, 6.07) is 23.7. The quantitative estimate of drug-likeness (QED) is 0.526. The minimum absolute atomic E-state index is 0.100. The maximum absolute atomic E-state index is 13.3. The van der Waals surface area contributed by atoms with Gasteiger partial charge in [-0.15, -0.1) is 0 Å². The number of nitrogens with one attached hydrogen (secondary N) is 2. The summed E-state index contributed by atoms with van der Waals surface area (Å²) >= 11 is 0. The lowest BCUT2D eigenvalue weighted by molar-refractivity contribution is -0.144. The van der Waals surface area contributed by atoms with Crippen molar-refractivity contribution in [1.82, 2.24) is 4.90 Å². The SMILES string of the molecule is COC(=O)C[C@@H]1Nc2cc(C(=O)Nc3ccccc3)ccc2CN(CCc2ccccc2)C1=O. The van der Waals surface area contributed by atoms with Gasteiger partial charge in [0.1, 0.15) is 6.04 Å². The molecule has 1 heterocycles. The van der Waals surface area contributed by atoms with Gasteiger partial charge in [-0.3, -0.25) is 14.4 Å². The van der Waals surface area contributed by atoms with Crippen LogP contribution in [0.15, 0.2) is 78.9 Å². The van der Waals surface area contributed by atoms with Crippen molar-refractivity contribution >= 4 is 29.2 Å². The second-order valence-electron chi connectivity index (χ2n) is 8.16. The van der Waals surface area contributed by atoms with Crippen LogP contribution in [0.2, 0.25) is 0 Å². The molecule has 0 aliphatic carbocycles. The number of nitrogens with zero attached hydrogens (tertiary/aromatic N) is 1. The third-order valence-corrected chi connectivity index (χ3v) is 5.82. The van der Waals surface area contributed by atoms with Crippen LogP contribution in [0.5, 0.6) is 0 Å². The van der Waals surface area contributed by atoms with Gasteiger partial charge in [0.25, 0.3) is 5.91 Å². The first-order valence-corrected chi connectivity index (χ1v) is 11.2. The summed E-state index contributed by atoms with van der Waals surface area (Å²) in [7, 11) is 1.30. The van der Waals surface area contributed by atoms with Gasteiger partial charge in [0.05, 0.1) is 13.5 Å². The number of hydrogen-bond donors (Lipinski definition) is 2. The van der Waals surface area contributed by atoms with Crippen molar-refractivity contribution in [3.8, 4) is 0 Å². The number of benzene rings is 3. The Balaban J connectivity index is 1.57. The van der Waals surface area contributed by atoms with Crippen LogP contribution in [-0.2, 0) is 27.3 Å². The fraction of sp³-hybridized carbons (Fsp3) is 0.222. The van der Waals surface area contributed by atoms with Crippen LogP contribution in [0.4, 0.5) is 11.4 Å². The number of anilines is 2. The molecule has 7 nitrogen and oxygen atoms in total. The standard InChI is InChI=1S/C27H27N3O4/c1-34-25(31)17-24-27(33)30(15-14-19-8-4-2-5-9-19)18-21-13-12-20(16-23(21)29-24)26(32)28-22-10-6-3-7-11-22/h2-13,16,24,29H,14-15,17-18H2,1H3,(H,28,32)/t24-/m0/s1. The molecule has 174 valence electrons. The van der Waals surface area contributed by atoms with E-state index in [1.165, 1.54) is 7.11 Å². The number of rotatable bonds is 7. The lowest BCUT2D eigenvalue weighted by Crippen LogP contribution is -2.42. The Morgan fingerprint density at radius 3 is 2.44 bits per heavy atom. The molecule has 34 heavy (non-hydrogen) atoms. The molecule has 1 aliphatic heterocycles. The number of para-hydroxylation sites is 1. The molecule has 0 radical (unpaired) electrons. The Kier molecular flexibility index (Phi) is 7.22. The summed E-state index contributed by atoms with van der Waals surface area (Å²) in [6.45, 7) is 0.893. The highest BCUT2D eigenvalue weighted by Crippen LogP contribution is 2.26.